The van der Waals surface area contributed by atoms with Crippen molar-refractivity contribution in [3.05, 3.63) is 35.9 Å². The summed E-state index contributed by atoms with van der Waals surface area (Å²) in [5.41, 5.74) is 0.348. The van der Waals surface area contributed by atoms with Gasteiger partial charge >= 0.3 is 0 Å². The number of benzene rings is 1. The highest BCUT2D eigenvalue weighted by Gasteiger charge is 2.31. The Morgan fingerprint density at radius 3 is 2.17 bits per heavy atom. The molecule has 1 aromatic rings. The average Bonchev–Trinajstić information content (AvgIpc) is 2.34. The van der Waals surface area contributed by atoms with Gasteiger partial charge in [0.05, 0.1) is 0 Å². The monoisotopic (exact) mass is 247 g/mol. The van der Waals surface area contributed by atoms with Crippen LogP contribution in [0.25, 0.3) is 0 Å². The number of Topliss-reactive ketones (excluding diaryl/α,β-unsaturated/α-hetero) is 1. The van der Waals surface area contributed by atoms with Crippen molar-refractivity contribution < 1.29 is 9.59 Å². The molecule has 0 heterocycles. The predicted octanol–water partition coefficient (Wildman–Crippen LogP) is 2.87. The third-order valence-electron chi connectivity index (χ3n) is 2.76. The van der Waals surface area contributed by atoms with Gasteiger partial charge in [0.2, 0.25) is 5.91 Å². The standard InChI is InChI=1S/C15H21NO2/c1-5-12(17)16-13(14(18)15(2,3)4)11-9-7-6-8-10-11/h6-10,13H,5H2,1-4H3,(H,16,17)/t13-/m1/s1. The summed E-state index contributed by atoms with van der Waals surface area (Å²) in [6, 6.07) is 8.81. The molecule has 0 radical (unpaired) electrons. The summed E-state index contributed by atoms with van der Waals surface area (Å²) in [5.74, 6) is -0.0862. The van der Waals surface area contributed by atoms with Gasteiger partial charge in [0.25, 0.3) is 0 Å². The maximum absolute atomic E-state index is 12.4. The van der Waals surface area contributed by atoms with Crippen LogP contribution >= 0.6 is 0 Å². The number of carbonyl (C=O) groups is 2. The molecule has 0 aliphatic heterocycles. The summed E-state index contributed by atoms with van der Waals surface area (Å²) in [4.78, 5) is 24.0. The van der Waals surface area contributed by atoms with E-state index >= 15 is 0 Å². The van der Waals surface area contributed by atoms with E-state index in [2.05, 4.69) is 5.32 Å². The van der Waals surface area contributed by atoms with E-state index in [4.69, 9.17) is 0 Å². The van der Waals surface area contributed by atoms with E-state index in [0.29, 0.717) is 6.42 Å². The zero-order valence-corrected chi connectivity index (χ0v) is 11.5. The van der Waals surface area contributed by atoms with E-state index in [1.165, 1.54) is 0 Å². The third-order valence-corrected chi connectivity index (χ3v) is 2.76. The highest BCUT2D eigenvalue weighted by molar-refractivity contribution is 5.93. The molecule has 0 aliphatic carbocycles. The van der Waals surface area contributed by atoms with E-state index in [-0.39, 0.29) is 11.7 Å². The SMILES string of the molecule is CCC(=O)N[C@@H](C(=O)C(C)(C)C)c1ccccc1. The molecule has 0 spiro atoms. The number of hydrogen-bond acceptors (Lipinski definition) is 2. The summed E-state index contributed by atoms with van der Waals surface area (Å²) in [6.07, 6.45) is 0.376. The minimum atomic E-state index is -0.557. The Kier molecular flexibility index (Phi) is 4.65. The van der Waals surface area contributed by atoms with Crippen molar-refractivity contribution in [3.63, 3.8) is 0 Å². The van der Waals surface area contributed by atoms with Gasteiger partial charge in [0.15, 0.2) is 5.78 Å². The fourth-order valence-corrected chi connectivity index (χ4v) is 1.64. The number of hydrogen-bond donors (Lipinski definition) is 1. The van der Waals surface area contributed by atoms with Crippen LogP contribution in [0.2, 0.25) is 0 Å². The zero-order valence-electron chi connectivity index (χ0n) is 11.5. The molecule has 0 aliphatic rings. The van der Waals surface area contributed by atoms with Crippen molar-refractivity contribution in [2.75, 3.05) is 0 Å². The molecular formula is C15H21NO2. The first-order chi connectivity index (χ1) is 8.36. The lowest BCUT2D eigenvalue weighted by atomic mass is 9.84. The Balaban J connectivity index is 3.04. The Morgan fingerprint density at radius 2 is 1.72 bits per heavy atom. The van der Waals surface area contributed by atoms with Gasteiger partial charge in [-0.1, -0.05) is 58.0 Å². The highest BCUT2D eigenvalue weighted by atomic mass is 16.2. The quantitative estimate of drug-likeness (QED) is 0.889. The molecule has 98 valence electrons. The van der Waals surface area contributed by atoms with E-state index in [1.54, 1.807) is 6.92 Å². The molecule has 0 aromatic heterocycles. The summed E-state index contributed by atoms with van der Waals surface area (Å²) in [7, 11) is 0. The Bertz CT molecular complexity index is 418. The second-order valence-corrected chi connectivity index (χ2v) is 5.38. The molecule has 1 amide bonds. The molecule has 3 nitrogen and oxygen atoms in total. The normalized spacial score (nSPS) is 12.9. The molecule has 0 unspecified atom stereocenters. The lowest BCUT2D eigenvalue weighted by molar-refractivity contribution is -0.132. The van der Waals surface area contributed by atoms with Gasteiger partial charge in [-0.25, -0.2) is 0 Å². The van der Waals surface area contributed by atoms with E-state index in [0.717, 1.165) is 5.56 Å². The molecule has 3 heteroatoms. The first-order valence-corrected chi connectivity index (χ1v) is 6.25. The van der Waals surface area contributed by atoms with Gasteiger partial charge in [-0.2, -0.15) is 0 Å². The lowest BCUT2D eigenvalue weighted by Crippen LogP contribution is -2.38. The van der Waals surface area contributed by atoms with Crippen LogP contribution in [0.1, 0.15) is 45.7 Å². The third kappa shape index (κ3) is 3.69. The predicted molar refractivity (Wildman–Crippen MR) is 72.1 cm³/mol. The minimum Gasteiger partial charge on any atom is -0.342 e. The number of amides is 1. The largest absolute Gasteiger partial charge is 0.342 e. The number of rotatable bonds is 4. The molecular weight excluding hydrogens is 226 g/mol. The van der Waals surface area contributed by atoms with Crippen LogP contribution in [0.5, 0.6) is 0 Å². The zero-order chi connectivity index (χ0) is 13.8. The number of carbonyl (C=O) groups excluding carboxylic acids is 2. The maximum atomic E-state index is 12.4. The number of ketones is 1. The number of nitrogens with one attached hydrogen (secondary N) is 1. The first kappa shape index (κ1) is 14.4. The van der Waals surface area contributed by atoms with Crippen molar-refractivity contribution in [1.29, 1.82) is 0 Å². The van der Waals surface area contributed by atoms with Gasteiger partial charge in [-0.15, -0.1) is 0 Å². The molecule has 0 fully saturated rings. The van der Waals surface area contributed by atoms with E-state index in [9.17, 15) is 9.59 Å². The van der Waals surface area contributed by atoms with Gasteiger partial charge in [-0.05, 0) is 5.56 Å². The summed E-state index contributed by atoms with van der Waals surface area (Å²) in [5, 5.41) is 2.80. The first-order valence-electron chi connectivity index (χ1n) is 6.25. The van der Waals surface area contributed by atoms with Crippen molar-refractivity contribution in [3.8, 4) is 0 Å². The molecule has 1 rings (SSSR count). The topological polar surface area (TPSA) is 46.2 Å². The van der Waals surface area contributed by atoms with Gasteiger partial charge in [0.1, 0.15) is 6.04 Å². The van der Waals surface area contributed by atoms with E-state index in [1.807, 2.05) is 51.1 Å². The summed E-state index contributed by atoms with van der Waals surface area (Å²) >= 11 is 0. The van der Waals surface area contributed by atoms with Crippen molar-refractivity contribution in [1.82, 2.24) is 5.32 Å². The van der Waals surface area contributed by atoms with Crippen LogP contribution in [-0.4, -0.2) is 11.7 Å². The summed E-state index contributed by atoms with van der Waals surface area (Å²) in [6.45, 7) is 7.37. The lowest BCUT2D eigenvalue weighted by Gasteiger charge is -2.25. The van der Waals surface area contributed by atoms with Crippen molar-refractivity contribution in [2.45, 2.75) is 40.2 Å². The van der Waals surface area contributed by atoms with Crippen LogP contribution in [0.15, 0.2) is 30.3 Å². The fourth-order valence-electron chi connectivity index (χ4n) is 1.64. The molecule has 1 aromatic carbocycles. The average molecular weight is 247 g/mol. The second kappa shape index (κ2) is 5.80. The molecule has 1 atom stereocenters. The molecule has 0 saturated heterocycles. The fraction of sp³-hybridized carbons (Fsp3) is 0.467. The second-order valence-electron chi connectivity index (χ2n) is 5.38. The van der Waals surface area contributed by atoms with Crippen LogP contribution < -0.4 is 5.32 Å². The van der Waals surface area contributed by atoms with Crippen LogP contribution in [0, 0.1) is 5.41 Å². The van der Waals surface area contributed by atoms with Gasteiger partial charge < -0.3 is 5.32 Å². The van der Waals surface area contributed by atoms with Crippen LogP contribution in [-0.2, 0) is 9.59 Å². The van der Waals surface area contributed by atoms with Crippen LogP contribution in [0.4, 0.5) is 0 Å². The molecule has 0 bridgehead atoms. The summed E-state index contributed by atoms with van der Waals surface area (Å²) < 4.78 is 0. The maximum Gasteiger partial charge on any atom is 0.220 e. The Labute approximate surface area is 109 Å². The molecule has 0 saturated carbocycles. The highest BCUT2D eigenvalue weighted by Crippen LogP contribution is 2.25. The van der Waals surface area contributed by atoms with Crippen LogP contribution in [0.3, 0.4) is 0 Å². The van der Waals surface area contributed by atoms with Crippen molar-refractivity contribution >= 4 is 11.7 Å². The van der Waals surface area contributed by atoms with E-state index < -0.39 is 11.5 Å². The minimum absolute atomic E-state index is 0.0236. The van der Waals surface area contributed by atoms with Gasteiger partial charge in [0, 0.05) is 11.8 Å². The van der Waals surface area contributed by atoms with Gasteiger partial charge in [-0.3, -0.25) is 9.59 Å². The van der Waals surface area contributed by atoms with Crippen molar-refractivity contribution in [2.24, 2.45) is 5.41 Å². The Morgan fingerprint density at radius 1 is 1.17 bits per heavy atom. The smallest absolute Gasteiger partial charge is 0.220 e. The Hall–Kier alpha value is -1.64. The molecule has 1 N–H and O–H groups in total. The molecule has 18 heavy (non-hydrogen) atoms.